The van der Waals surface area contributed by atoms with Gasteiger partial charge in [0.15, 0.2) is 0 Å². The minimum atomic E-state index is -0.365. The van der Waals surface area contributed by atoms with Crippen molar-refractivity contribution in [3.63, 3.8) is 0 Å². The third-order valence-corrected chi connectivity index (χ3v) is 3.75. The molecule has 7 heteroatoms. The summed E-state index contributed by atoms with van der Waals surface area (Å²) in [6.07, 6.45) is 0. The molecule has 0 spiro atoms. The van der Waals surface area contributed by atoms with Gasteiger partial charge in [0.2, 0.25) is 5.88 Å². The van der Waals surface area contributed by atoms with Crippen LogP contribution in [0.25, 0.3) is 11.3 Å². The lowest BCUT2D eigenvalue weighted by Gasteiger charge is -2.07. The molecule has 0 aliphatic heterocycles. The first-order chi connectivity index (χ1) is 12.1. The van der Waals surface area contributed by atoms with Gasteiger partial charge in [0.1, 0.15) is 17.2 Å². The van der Waals surface area contributed by atoms with Crippen molar-refractivity contribution in [3.05, 3.63) is 59.1 Å². The second-order valence-corrected chi connectivity index (χ2v) is 5.58. The Labute approximate surface area is 149 Å². The monoisotopic (exact) mass is 358 g/mol. The fourth-order valence-corrected chi connectivity index (χ4v) is 2.34. The van der Waals surface area contributed by atoms with Gasteiger partial charge in [-0.25, -0.2) is 0 Å². The third-order valence-electron chi connectivity index (χ3n) is 3.50. The molecule has 2 aromatic carbocycles. The van der Waals surface area contributed by atoms with Gasteiger partial charge in [-0.2, -0.15) is 0 Å². The minimum Gasteiger partial charge on any atom is -0.497 e. The maximum absolute atomic E-state index is 12.4. The minimum absolute atomic E-state index is 0.233. The quantitative estimate of drug-likeness (QED) is 0.737. The molecule has 0 aliphatic carbocycles. The Balaban J connectivity index is 1.79. The van der Waals surface area contributed by atoms with Crippen LogP contribution in [0.4, 0.5) is 5.88 Å². The number of carbonyl (C=O) groups excluding carboxylic acids is 1. The second-order valence-electron chi connectivity index (χ2n) is 5.14. The highest BCUT2D eigenvalue weighted by Gasteiger charge is 2.13. The number of anilines is 1. The Morgan fingerprint density at radius 3 is 2.28 bits per heavy atom. The zero-order valence-corrected chi connectivity index (χ0v) is 14.3. The Hall–Kier alpha value is -2.99. The molecule has 6 nitrogen and oxygen atoms in total. The van der Waals surface area contributed by atoms with Crippen LogP contribution in [0.1, 0.15) is 10.4 Å². The van der Waals surface area contributed by atoms with E-state index in [9.17, 15) is 4.79 Å². The van der Waals surface area contributed by atoms with Gasteiger partial charge in [-0.1, -0.05) is 28.9 Å². The number of aromatic nitrogens is 1. The lowest BCUT2D eigenvalue weighted by Crippen LogP contribution is -2.11. The summed E-state index contributed by atoms with van der Waals surface area (Å²) in [4.78, 5) is 12.4. The van der Waals surface area contributed by atoms with Crippen LogP contribution in [0.15, 0.2) is 53.1 Å². The summed E-state index contributed by atoms with van der Waals surface area (Å²) in [7, 11) is 3.04. The molecule has 3 aromatic rings. The molecule has 0 radical (unpaired) electrons. The molecule has 0 bridgehead atoms. The van der Waals surface area contributed by atoms with E-state index in [4.69, 9.17) is 25.6 Å². The van der Waals surface area contributed by atoms with E-state index in [0.717, 1.165) is 5.56 Å². The summed E-state index contributed by atoms with van der Waals surface area (Å²) in [5.41, 5.74) is 1.80. The largest absolute Gasteiger partial charge is 0.497 e. The summed E-state index contributed by atoms with van der Waals surface area (Å²) in [5, 5.41) is 7.24. The van der Waals surface area contributed by atoms with Crippen LogP contribution in [0.3, 0.4) is 0 Å². The van der Waals surface area contributed by atoms with Gasteiger partial charge in [0.25, 0.3) is 5.91 Å². The smallest absolute Gasteiger partial charge is 0.258 e. The molecular formula is C18H15ClN2O4. The molecule has 128 valence electrons. The van der Waals surface area contributed by atoms with Crippen LogP contribution in [-0.2, 0) is 0 Å². The number of rotatable bonds is 5. The first-order valence-electron chi connectivity index (χ1n) is 7.36. The average Bonchev–Trinajstić information content (AvgIpc) is 3.10. The van der Waals surface area contributed by atoms with Crippen molar-refractivity contribution >= 4 is 23.4 Å². The van der Waals surface area contributed by atoms with Crippen LogP contribution in [-0.4, -0.2) is 25.3 Å². The predicted molar refractivity (Wildman–Crippen MR) is 94.4 cm³/mol. The summed E-state index contributed by atoms with van der Waals surface area (Å²) in [6, 6.07) is 13.7. The van der Waals surface area contributed by atoms with Crippen LogP contribution in [0.2, 0.25) is 5.02 Å². The Bertz CT molecular complexity index is 868. The molecule has 1 amide bonds. The van der Waals surface area contributed by atoms with Gasteiger partial charge in [0, 0.05) is 28.3 Å². The van der Waals surface area contributed by atoms with Crippen molar-refractivity contribution in [3.8, 4) is 22.8 Å². The molecule has 0 unspecified atom stereocenters. The van der Waals surface area contributed by atoms with Gasteiger partial charge < -0.3 is 14.0 Å². The van der Waals surface area contributed by atoms with Crippen LogP contribution in [0.5, 0.6) is 11.5 Å². The van der Waals surface area contributed by atoms with E-state index in [2.05, 4.69) is 10.5 Å². The predicted octanol–water partition coefficient (Wildman–Crippen LogP) is 4.26. The van der Waals surface area contributed by atoms with E-state index in [-0.39, 0.29) is 11.8 Å². The molecule has 0 atom stereocenters. The van der Waals surface area contributed by atoms with E-state index < -0.39 is 0 Å². The number of amides is 1. The highest BCUT2D eigenvalue weighted by atomic mass is 35.5. The molecule has 25 heavy (non-hydrogen) atoms. The Morgan fingerprint density at radius 2 is 1.68 bits per heavy atom. The summed E-state index contributed by atoms with van der Waals surface area (Å²) in [5.74, 6) is 0.903. The van der Waals surface area contributed by atoms with Crippen LogP contribution < -0.4 is 14.8 Å². The van der Waals surface area contributed by atoms with Crippen molar-refractivity contribution < 1.29 is 18.8 Å². The Morgan fingerprint density at radius 1 is 1.04 bits per heavy atom. The second kappa shape index (κ2) is 7.27. The summed E-state index contributed by atoms with van der Waals surface area (Å²) in [6.45, 7) is 0. The zero-order chi connectivity index (χ0) is 17.8. The van der Waals surface area contributed by atoms with Crippen LogP contribution >= 0.6 is 11.6 Å². The molecule has 1 heterocycles. The fourth-order valence-electron chi connectivity index (χ4n) is 2.21. The number of nitrogens with zero attached hydrogens (tertiary/aromatic N) is 1. The maximum atomic E-state index is 12.4. The van der Waals surface area contributed by atoms with Gasteiger partial charge in [0.05, 0.1) is 14.2 Å². The van der Waals surface area contributed by atoms with E-state index in [1.54, 1.807) is 36.4 Å². The number of hydrogen-bond donors (Lipinski definition) is 1. The Kier molecular flexibility index (Phi) is 4.90. The average molecular weight is 359 g/mol. The standard InChI is InChI=1S/C18H15ClN2O4/c1-23-14-7-12(8-15(9-14)24-2)18(22)20-17-10-16(21-25-17)11-3-5-13(19)6-4-11/h3-10H,1-2H3,(H,20,22). The zero-order valence-electron chi connectivity index (χ0n) is 13.6. The number of methoxy groups -OCH3 is 2. The van der Waals surface area contributed by atoms with Gasteiger partial charge in [-0.05, 0) is 24.3 Å². The van der Waals surface area contributed by atoms with Crippen molar-refractivity contribution in [1.82, 2.24) is 5.16 Å². The summed E-state index contributed by atoms with van der Waals surface area (Å²) < 4.78 is 15.5. The summed E-state index contributed by atoms with van der Waals surface area (Å²) >= 11 is 5.87. The highest BCUT2D eigenvalue weighted by Crippen LogP contribution is 2.25. The van der Waals surface area contributed by atoms with Crippen molar-refractivity contribution in [2.45, 2.75) is 0 Å². The molecule has 0 saturated heterocycles. The third kappa shape index (κ3) is 3.92. The fraction of sp³-hybridized carbons (Fsp3) is 0.111. The molecule has 3 rings (SSSR count). The molecule has 1 N–H and O–H groups in total. The van der Waals surface area contributed by atoms with E-state index in [1.165, 1.54) is 14.2 Å². The molecule has 0 fully saturated rings. The first-order valence-corrected chi connectivity index (χ1v) is 7.74. The molecule has 0 aliphatic rings. The van der Waals surface area contributed by atoms with E-state index in [1.807, 2.05) is 12.1 Å². The highest BCUT2D eigenvalue weighted by molar-refractivity contribution is 6.30. The van der Waals surface area contributed by atoms with Crippen molar-refractivity contribution in [2.24, 2.45) is 0 Å². The number of ether oxygens (including phenoxy) is 2. The molecular weight excluding hydrogens is 344 g/mol. The van der Waals surface area contributed by atoms with E-state index in [0.29, 0.717) is 27.8 Å². The number of benzene rings is 2. The first kappa shape index (κ1) is 16.9. The van der Waals surface area contributed by atoms with Gasteiger partial charge >= 0.3 is 0 Å². The maximum Gasteiger partial charge on any atom is 0.258 e. The van der Waals surface area contributed by atoms with Crippen LogP contribution in [0, 0.1) is 0 Å². The van der Waals surface area contributed by atoms with Crippen molar-refractivity contribution in [2.75, 3.05) is 19.5 Å². The molecule has 1 aromatic heterocycles. The number of hydrogen-bond acceptors (Lipinski definition) is 5. The van der Waals surface area contributed by atoms with E-state index >= 15 is 0 Å². The molecule has 0 saturated carbocycles. The SMILES string of the molecule is COc1cc(OC)cc(C(=O)Nc2cc(-c3ccc(Cl)cc3)no2)c1. The number of carbonyl (C=O) groups is 1. The van der Waals surface area contributed by atoms with Gasteiger partial charge in [-0.3, -0.25) is 10.1 Å². The number of nitrogens with one attached hydrogen (secondary N) is 1. The number of halogens is 1. The topological polar surface area (TPSA) is 73.6 Å². The van der Waals surface area contributed by atoms with Gasteiger partial charge in [-0.15, -0.1) is 0 Å². The van der Waals surface area contributed by atoms with Crippen molar-refractivity contribution in [1.29, 1.82) is 0 Å². The lowest BCUT2D eigenvalue weighted by molar-refractivity contribution is 0.102. The normalized spacial score (nSPS) is 10.4. The lowest BCUT2D eigenvalue weighted by atomic mass is 10.1.